The van der Waals surface area contributed by atoms with Crippen molar-refractivity contribution in [1.29, 1.82) is 5.41 Å². The van der Waals surface area contributed by atoms with Gasteiger partial charge in [-0.25, -0.2) is 5.48 Å². The van der Waals surface area contributed by atoms with E-state index in [0.717, 1.165) is 34.6 Å². The fourth-order valence-electron chi connectivity index (χ4n) is 2.47. The SMILES string of the molecule is Cc1ccccc1C(=N)c1ccc(NOS(=O)(=O)c2ccc(C(F)(F)F)cc2)s1. The fourth-order valence-corrected chi connectivity index (χ4v) is 4.09. The second kappa shape index (κ2) is 7.97. The van der Waals surface area contributed by atoms with Gasteiger partial charge in [0.1, 0.15) is 5.00 Å². The van der Waals surface area contributed by atoms with Crippen molar-refractivity contribution < 1.29 is 25.9 Å². The highest BCUT2D eigenvalue weighted by Crippen LogP contribution is 2.30. The van der Waals surface area contributed by atoms with Crippen LogP contribution in [0.25, 0.3) is 0 Å². The van der Waals surface area contributed by atoms with Crippen LogP contribution < -0.4 is 5.48 Å². The van der Waals surface area contributed by atoms with Crippen molar-refractivity contribution in [3.05, 3.63) is 82.2 Å². The van der Waals surface area contributed by atoms with E-state index in [9.17, 15) is 21.6 Å². The predicted octanol–water partition coefficient (Wildman–Crippen LogP) is 5.22. The summed E-state index contributed by atoms with van der Waals surface area (Å²) in [4.78, 5) is 0.180. The molecule has 0 spiro atoms. The van der Waals surface area contributed by atoms with Gasteiger partial charge >= 0.3 is 16.3 Å². The summed E-state index contributed by atoms with van der Waals surface area (Å²) in [5, 5.41) is 8.64. The van der Waals surface area contributed by atoms with Crippen molar-refractivity contribution in [3.63, 3.8) is 0 Å². The molecular weight excluding hydrogens is 425 g/mol. The number of hydrogen-bond donors (Lipinski definition) is 2. The number of nitrogens with one attached hydrogen (secondary N) is 2. The molecule has 5 nitrogen and oxygen atoms in total. The van der Waals surface area contributed by atoms with Crippen molar-refractivity contribution >= 4 is 32.2 Å². The van der Waals surface area contributed by atoms with Crippen molar-refractivity contribution in [1.82, 2.24) is 0 Å². The lowest BCUT2D eigenvalue weighted by molar-refractivity contribution is -0.137. The maximum Gasteiger partial charge on any atom is 0.416 e. The number of aryl methyl sites for hydroxylation is 1. The first-order valence-electron chi connectivity index (χ1n) is 8.19. The Balaban J connectivity index is 1.70. The minimum absolute atomic E-state index is 0.284. The summed E-state index contributed by atoms with van der Waals surface area (Å²) in [5.74, 6) is 0. The number of halogens is 3. The first kappa shape index (κ1) is 21.0. The topological polar surface area (TPSA) is 79.2 Å². The van der Waals surface area contributed by atoms with Gasteiger partial charge in [0.25, 0.3) is 0 Å². The van der Waals surface area contributed by atoms with Crippen LogP contribution in [0.4, 0.5) is 18.2 Å². The number of hydrogen-bond acceptors (Lipinski definition) is 6. The smallest absolute Gasteiger partial charge is 0.299 e. The number of thiophene rings is 1. The van der Waals surface area contributed by atoms with Crippen molar-refractivity contribution in [2.75, 3.05) is 5.48 Å². The van der Waals surface area contributed by atoms with Crippen LogP contribution in [0, 0.1) is 12.3 Å². The third kappa shape index (κ3) is 4.84. The van der Waals surface area contributed by atoms with Gasteiger partial charge in [-0.3, -0.25) is 5.41 Å². The second-order valence-corrected chi connectivity index (χ2v) is 8.65. The van der Waals surface area contributed by atoms with Crippen LogP contribution in [0.5, 0.6) is 0 Å². The fraction of sp³-hybridized carbons (Fsp3) is 0.105. The van der Waals surface area contributed by atoms with Crippen molar-refractivity contribution in [3.8, 4) is 0 Å². The average Bonchev–Trinajstić information content (AvgIpc) is 3.15. The monoisotopic (exact) mass is 440 g/mol. The molecule has 0 aliphatic rings. The summed E-state index contributed by atoms with van der Waals surface area (Å²) in [5.41, 5.74) is 3.29. The zero-order valence-corrected chi connectivity index (χ0v) is 16.6. The highest BCUT2D eigenvalue weighted by Gasteiger charge is 2.30. The Kier molecular flexibility index (Phi) is 5.78. The molecule has 0 radical (unpaired) electrons. The normalized spacial score (nSPS) is 12.0. The van der Waals surface area contributed by atoms with E-state index in [1.54, 1.807) is 12.1 Å². The van der Waals surface area contributed by atoms with Crippen LogP contribution in [0.1, 0.15) is 21.6 Å². The van der Waals surface area contributed by atoms with Crippen LogP contribution in [-0.4, -0.2) is 14.1 Å². The Hall–Kier alpha value is -2.69. The lowest BCUT2D eigenvalue weighted by Crippen LogP contribution is -2.12. The number of benzene rings is 2. The molecule has 3 rings (SSSR count). The van der Waals surface area contributed by atoms with E-state index >= 15 is 0 Å². The number of rotatable bonds is 6. The van der Waals surface area contributed by atoms with E-state index in [-0.39, 0.29) is 5.71 Å². The summed E-state index contributed by atoms with van der Waals surface area (Å²) in [6, 6.07) is 13.6. The molecule has 0 saturated heterocycles. The molecule has 2 N–H and O–H groups in total. The summed E-state index contributed by atoms with van der Waals surface area (Å²) < 4.78 is 66.8. The largest absolute Gasteiger partial charge is 0.416 e. The zero-order valence-electron chi connectivity index (χ0n) is 14.9. The van der Waals surface area contributed by atoms with E-state index in [2.05, 4.69) is 5.48 Å². The molecule has 0 fully saturated rings. The Morgan fingerprint density at radius 3 is 2.31 bits per heavy atom. The lowest BCUT2D eigenvalue weighted by atomic mass is 10.0. The maximum atomic E-state index is 12.6. The molecule has 0 atom stereocenters. The Bertz CT molecular complexity index is 1140. The summed E-state index contributed by atoms with van der Waals surface area (Å²) in [7, 11) is -4.32. The van der Waals surface area contributed by atoms with Gasteiger partial charge in [0, 0.05) is 5.56 Å². The standard InChI is InChI=1S/C19H15F3N2O3S2/c1-12-4-2-3-5-15(12)18(23)16-10-11-17(28-16)24-27-29(25,26)14-8-6-13(7-9-14)19(20,21)22/h2-11,23-24H,1H3. The summed E-state index contributed by atoms with van der Waals surface area (Å²) in [6.45, 7) is 1.89. The van der Waals surface area contributed by atoms with E-state index in [0.29, 0.717) is 22.0 Å². The van der Waals surface area contributed by atoms with Gasteiger partial charge in [0.2, 0.25) is 0 Å². The molecule has 0 saturated carbocycles. The van der Waals surface area contributed by atoms with Gasteiger partial charge in [-0.05, 0) is 48.9 Å². The summed E-state index contributed by atoms with van der Waals surface area (Å²) >= 11 is 1.11. The predicted molar refractivity (Wildman–Crippen MR) is 105 cm³/mol. The Morgan fingerprint density at radius 2 is 1.69 bits per heavy atom. The van der Waals surface area contributed by atoms with Crippen LogP contribution in [0.2, 0.25) is 0 Å². The molecule has 0 unspecified atom stereocenters. The van der Waals surface area contributed by atoms with Crippen LogP contribution in [0.3, 0.4) is 0 Å². The van der Waals surface area contributed by atoms with Gasteiger partial charge in [0.15, 0.2) is 0 Å². The molecule has 152 valence electrons. The Morgan fingerprint density at radius 1 is 1.03 bits per heavy atom. The van der Waals surface area contributed by atoms with Crippen LogP contribution in [-0.2, 0) is 20.6 Å². The molecule has 0 bridgehead atoms. The molecule has 3 aromatic rings. The second-order valence-electron chi connectivity index (χ2n) is 6.02. The van der Waals surface area contributed by atoms with E-state index in [4.69, 9.17) is 9.69 Å². The molecule has 2 aromatic carbocycles. The van der Waals surface area contributed by atoms with Gasteiger partial charge < -0.3 is 0 Å². The number of alkyl halides is 3. The molecule has 0 aliphatic carbocycles. The third-order valence-corrected chi connectivity index (χ3v) is 6.14. The van der Waals surface area contributed by atoms with Crippen molar-refractivity contribution in [2.24, 2.45) is 0 Å². The molecule has 29 heavy (non-hydrogen) atoms. The maximum absolute atomic E-state index is 12.6. The van der Waals surface area contributed by atoms with Gasteiger partial charge in [0.05, 0.1) is 21.0 Å². The number of anilines is 1. The first-order chi connectivity index (χ1) is 13.6. The van der Waals surface area contributed by atoms with E-state index in [1.165, 1.54) is 0 Å². The summed E-state index contributed by atoms with van der Waals surface area (Å²) in [6.07, 6.45) is -4.56. The van der Waals surface area contributed by atoms with Gasteiger partial charge in [-0.15, -0.1) is 15.6 Å². The quantitative estimate of drug-likeness (QED) is 0.407. The van der Waals surface area contributed by atoms with Crippen LogP contribution >= 0.6 is 11.3 Å². The van der Waals surface area contributed by atoms with E-state index in [1.807, 2.05) is 31.2 Å². The third-order valence-electron chi connectivity index (χ3n) is 3.99. The molecule has 10 heteroatoms. The molecule has 1 aromatic heterocycles. The highest BCUT2D eigenvalue weighted by atomic mass is 32.2. The zero-order chi connectivity index (χ0) is 21.2. The molecule has 1 heterocycles. The molecule has 0 amide bonds. The minimum Gasteiger partial charge on any atom is -0.299 e. The minimum atomic E-state index is -4.56. The Labute approximate surface area is 169 Å². The highest BCUT2D eigenvalue weighted by molar-refractivity contribution is 7.86. The average molecular weight is 440 g/mol. The van der Waals surface area contributed by atoms with Crippen LogP contribution in [0.15, 0.2) is 65.6 Å². The van der Waals surface area contributed by atoms with Crippen molar-refractivity contribution in [2.45, 2.75) is 18.0 Å². The molecule has 0 aliphatic heterocycles. The van der Waals surface area contributed by atoms with E-state index < -0.39 is 26.8 Å². The molecular formula is C19H15F3N2O3S2. The van der Waals surface area contributed by atoms with Gasteiger partial charge in [-0.2, -0.15) is 21.6 Å². The lowest BCUT2D eigenvalue weighted by Gasteiger charge is -2.09. The van der Waals surface area contributed by atoms with Gasteiger partial charge in [-0.1, -0.05) is 24.3 Å². The first-order valence-corrected chi connectivity index (χ1v) is 10.4.